The average molecular weight is 421 g/mol. The first kappa shape index (κ1) is 22.0. The minimum atomic E-state index is -0.849. The van der Waals surface area contributed by atoms with Crippen molar-refractivity contribution in [3.8, 4) is 21.6 Å². The number of thiophene rings is 1. The lowest BCUT2D eigenvalue weighted by molar-refractivity contribution is 0.0694. The minimum Gasteiger partial charge on any atom is -0.478 e. The van der Waals surface area contributed by atoms with E-state index in [1.165, 1.54) is 28.0 Å². The molecule has 0 radical (unpaired) electrons. The maximum atomic E-state index is 11.8. The normalized spacial score (nSPS) is 10.9. The van der Waals surface area contributed by atoms with Gasteiger partial charge in [0, 0.05) is 4.88 Å². The second-order valence-corrected chi connectivity index (χ2v) is 8.49. The van der Waals surface area contributed by atoms with Crippen molar-refractivity contribution in [2.45, 2.75) is 53.4 Å². The van der Waals surface area contributed by atoms with Gasteiger partial charge in [-0.2, -0.15) is 0 Å². The molecule has 0 saturated carbocycles. The molecule has 0 aliphatic rings. The molecule has 3 aromatic rings. The van der Waals surface area contributed by atoms with Crippen LogP contribution in [0.5, 0.6) is 0 Å². The summed E-state index contributed by atoms with van der Waals surface area (Å²) in [6.07, 6.45) is 4.05. The van der Waals surface area contributed by atoms with Gasteiger partial charge in [-0.15, -0.1) is 11.3 Å². The Bertz CT molecular complexity index is 1040. The first-order valence-electron chi connectivity index (χ1n) is 10.6. The monoisotopic (exact) mass is 420 g/mol. The molecule has 0 aliphatic heterocycles. The van der Waals surface area contributed by atoms with Gasteiger partial charge in [0.25, 0.3) is 0 Å². The molecule has 0 atom stereocenters. The van der Waals surface area contributed by atoms with Crippen LogP contribution in [-0.2, 0) is 25.7 Å². The SMILES string of the molecule is CCc1cc(-c2cc(CC)c(-c3ccc(C=O)s3)c(CC)c2)cc(CC)c1C(=O)O. The molecule has 0 fully saturated rings. The average Bonchev–Trinajstić information content (AvgIpc) is 3.25. The summed E-state index contributed by atoms with van der Waals surface area (Å²) in [5.41, 5.74) is 8.15. The van der Waals surface area contributed by atoms with Crippen molar-refractivity contribution in [1.29, 1.82) is 0 Å². The summed E-state index contributed by atoms with van der Waals surface area (Å²) in [6, 6.07) is 12.4. The summed E-state index contributed by atoms with van der Waals surface area (Å²) >= 11 is 1.53. The number of aryl methyl sites for hydroxylation is 4. The van der Waals surface area contributed by atoms with Crippen molar-refractivity contribution in [3.05, 3.63) is 69.1 Å². The van der Waals surface area contributed by atoms with Crippen molar-refractivity contribution in [1.82, 2.24) is 0 Å². The van der Waals surface area contributed by atoms with E-state index in [0.29, 0.717) is 18.4 Å². The Hall–Kier alpha value is -2.72. The van der Waals surface area contributed by atoms with Crippen molar-refractivity contribution in [2.24, 2.45) is 0 Å². The number of rotatable bonds is 8. The van der Waals surface area contributed by atoms with Gasteiger partial charge >= 0.3 is 5.97 Å². The van der Waals surface area contributed by atoms with Crippen LogP contribution in [0.4, 0.5) is 0 Å². The predicted molar refractivity (Wildman–Crippen MR) is 125 cm³/mol. The summed E-state index contributed by atoms with van der Waals surface area (Å²) in [6.45, 7) is 8.31. The van der Waals surface area contributed by atoms with E-state index in [1.807, 2.05) is 38.1 Å². The van der Waals surface area contributed by atoms with Crippen LogP contribution in [0.2, 0.25) is 0 Å². The van der Waals surface area contributed by atoms with Gasteiger partial charge in [0.2, 0.25) is 0 Å². The molecule has 4 heteroatoms. The van der Waals surface area contributed by atoms with E-state index in [0.717, 1.165) is 51.1 Å². The smallest absolute Gasteiger partial charge is 0.336 e. The number of carbonyl (C=O) groups excluding carboxylic acids is 1. The van der Waals surface area contributed by atoms with Crippen LogP contribution in [-0.4, -0.2) is 17.4 Å². The lowest BCUT2D eigenvalue weighted by Gasteiger charge is -2.17. The van der Waals surface area contributed by atoms with Crippen LogP contribution >= 0.6 is 11.3 Å². The molecule has 0 amide bonds. The number of carboxylic acid groups (broad SMARTS) is 1. The molecule has 2 aromatic carbocycles. The van der Waals surface area contributed by atoms with E-state index in [2.05, 4.69) is 26.0 Å². The Kier molecular flexibility index (Phi) is 6.88. The number of carboxylic acids is 1. The zero-order valence-electron chi connectivity index (χ0n) is 18.0. The topological polar surface area (TPSA) is 54.4 Å². The standard InChI is InChI=1S/C26H28O3S/c1-5-16-11-20(12-17(6-2)24(16)23-10-9-22(15-27)30-23)21-13-18(7-3)25(26(28)29)19(8-4)14-21/h9-15H,5-8H2,1-4H3,(H,28,29). The van der Waals surface area contributed by atoms with E-state index < -0.39 is 5.97 Å². The first-order valence-corrected chi connectivity index (χ1v) is 11.4. The van der Waals surface area contributed by atoms with Crippen LogP contribution < -0.4 is 0 Å². The molecule has 0 bridgehead atoms. The highest BCUT2D eigenvalue weighted by atomic mass is 32.1. The number of hydrogen-bond acceptors (Lipinski definition) is 3. The van der Waals surface area contributed by atoms with Gasteiger partial charge in [0.15, 0.2) is 6.29 Å². The van der Waals surface area contributed by atoms with Gasteiger partial charge in [-0.25, -0.2) is 4.79 Å². The molecule has 0 unspecified atom stereocenters. The van der Waals surface area contributed by atoms with Crippen molar-refractivity contribution in [3.63, 3.8) is 0 Å². The first-order chi connectivity index (χ1) is 14.5. The molecule has 3 nitrogen and oxygen atoms in total. The summed E-state index contributed by atoms with van der Waals surface area (Å²) in [5, 5.41) is 9.70. The lowest BCUT2D eigenvalue weighted by Crippen LogP contribution is -2.07. The zero-order chi connectivity index (χ0) is 21.8. The van der Waals surface area contributed by atoms with Crippen LogP contribution in [0, 0.1) is 0 Å². The minimum absolute atomic E-state index is 0.451. The molecule has 156 valence electrons. The Morgan fingerprint density at radius 1 is 0.833 bits per heavy atom. The number of aromatic carboxylic acids is 1. The second-order valence-electron chi connectivity index (χ2n) is 7.38. The zero-order valence-corrected chi connectivity index (χ0v) is 18.9. The van der Waals surface area contributed by atoms with Crippen LogP contribution in [0.25, 0.3) is 21.6 Å². The van der Waals surface area contributed by atoms with Gasteiger partial charge in [-0.3, -0.25) is 4.79 Å². The van der Waals surface area contributed by atoms with E-state index in [4.69, 9.17) is 0 Å². The van der Waals surface area contributed by atoms with Gasteiger partial charge in [0.1, 0.15) is 0 Å². The van der Waals surface area contributed by atoms with Crippen molar-refractivity contribution < 1.29 is 14.7 Å². The van der Waals surface area contributed by atoms with Gasteiger partial charge in [-0.05, 0) is 76.8 Å². The molecular weight excluding hydrogens is 392 g/mol. The van der Waals surface area contributed by atoms with E-state index in [-0.39, 0.29) is 0 Å². The highest BCUT2D eigenvalue weighted by Gasteiger charge is 2.18. The molecule has 0 aliphatic carbocycles. The molecule has 30 heavy (non-hydrogen) atoms. The van der Waals surface area contributed by atoms with Crippen molar-refractivity contribution >= 4 is 23.6 Å². The highest BCUT2D eigenvalue weighted by Crippen LogP contribution is 2.38. The Morgan fingerprint density at radius 2 is 1.30 bits per heavy atom. The Balaban J connectivity index is 2.23. The lowest BCUT2D eigenvalue weighted by atomic mass is 9.88. The summed E-state index contributed by atoms with van der Waals surface area (Å²) < 4.78 is 0. The maximum absolute atomic E-state index is 11.8. The number of hydrogen-bond donors (Lipinski definition) is 1. The third kappa shape index (κ3) is 4.10. The van der Waals surface area contributed by atoms with Gasteiger partial charge in [0.05, 0.1) is 10.4 Å². The third-order valence-corrected chi connectivity index (χ3v) is 6.69. The van der Waals surface area contributed by atoms with E-state index in [1.54, 1.807) is 0 Å². The van der Waals surface area contributed by atoms with Gasteiger partial charge in [-0.1, -0.05) is 52.0 Å². The Morgan fingerprint density at radius 3 is 1.67 bits per heavy atom. The molecule has 1 heterocycles. The fraction of sp³-hybridized carbons (Fsp3) is 0.308. The Labute approximate surface area is 182 Å². The summed E-state index contributed by atoms with van der Waals surface area (Å²) in [4.78, 5) is 24.8. The number of benzene rings is 2. The quantitative estimate of drug-likeness (QED) is 0.406. The third-order valence-electron chi connectivity index (χ3n) is 5.66. The molecule has 1 aromatic heterocycles. The van der Waals surface area contributed by atoms with Gasteiger partial charge < -0.3 is 5.11 Å². The summed E-state index contributed by atoms with van der Waals surface area (Å²) in [5.74, 6) is -0.849. The largest absolute Gasteiger partial charge is 0.478 e. The number of aldehydes is 1. The molecule has 1 N–H and O–H groups in total. The van der Waals surface area contributed by atoms with Crippen LogP contribution in [0.1, 0.15) is 70.0 Å². The van der Waals surface area contributed by atoms with E-state index >= 15 is 0 Å². The molecule has 3 rings (SSSR count). The summed E-state index contributed by atoms with van der Waals surface area (Å²) in [7, 11) is 0. The molecular formula is C26H28O3S. The maximum Gasteiger partial charge on any atom is 0.336 e. The van der Waals surface area contributed by atoms with Crippen LogP contribution in [0.3, 0.4) is 0 Å². The highest BCUT2D eigenvalue weighted by molar-refractivity contribution is 7.17. The molecule has 0 saturated heterocycles. The van der Waals surface area contributed by atoms with Crippen LogP contribution in [0.15, 0.2) is 36.4 Å². The fourth-order valence-corrected chi connectivity index (χ4v) is 5.06. The van der Waals surface area contributed by atoms with E-state index in [9.17, 15) is 14.7 Å². The van der Waals surface area contributed by atoms with Crippen molar-refractivity contribution in [2.75, 3.05) is 0 Å². The fourth-order valence-electron chi connectivity index (χ4n) is 4.13. The predicted octanol–water partition coefficient (Wildman–Crippen LogP) is 6.84. The molecule has 0 spiro atoms. The second kappa shape index (κ2) is 9.40. The number of carbonyl (C=O) groups is 2.